The van der Waals surface area contributed by atoms with Crippen molar-refractivity contribution in [3.05, 3.63) is 41.7 Å². The number of unbranched alkanes of at least 4 members (excludes halogenated alkanes) is 4. The van der Waals surface area contributed by atoms with Crippen LogP contribution in [0.2, 0.25) is 0 Å². The number of hydrogen-bond donors (Lipinski definition) is 0. The molecule has 0 spiro atoms. The Morgan fingerprint density at radius 2 is 1.70 bits per heavy atom. The highest BCUT2D eigenvalue weighted by Crippen LogP contribution is 2.48. The Morgan fingerprint density at radius 3 is 2.53 bits per heavy atom. The number of benzene rings is 2. The summed E-state index contributed by atoms with van der Waals surface area (Å²) in [7, 11) is 1.53. The summed E-state index contributed by atoms with van der Waals surface area (Å²) in [6.45, 7) is 2.30. The number of methoxy groups -OCH3 is 1. The summed E-state index contributed by atoms with van der Waals surface area (Å²) in [5, 5.41) is 1.67. The van der Waals surface area contributed by atoms with Gasteiger partial charge in [-0.1, -0.05) is 76.1 Å². The molecule has 164 valence electrons. The Bertz CT molecular complexity index is 829. The lowest BCUT2D eigenvalue weighted by molar-refractivity contribution is 0.113. The van der Waals surface area contributed by atoms with Crippen molar-refractivity contribution in [2.45, 2.75) is 89.9 Å². The van der Waals surface area contributed by atoms with Gasteiger partial charge in [0.1, 0.15) is 0 Å². The van der Waals surface area contributed by atoms with Gasteiger partial charge in [-0.15, -0.1) is 0 Å². The highest BCUT2D eigenvalue weighted by atomic mass is 19.1. The Hall–Kier alpha value is -1.57. The van der Waals surface area contributed by atoms with Crippen molar-refractivity contribution in [1.82, 2.24) is 0 Å². The minimum Gasteiger partial charge on any atom is -0.494 e. The molecule has 0 aliphatic heterocycles. The number of fused-ring (bicyclic) bond motifs is 2. The topological polar surface area (TPSA) is 9.23 Å². The maximum Gasteiger partial charge on any atom is 0.172 e. The maximum atomic E-state index is 14.5. The minimum atomic E-state index is -0.238. The molecular weight excluding hydrogens is 371 g/mol. The van der Waals surface area contributed by atoms with Crippen LogP contribution in [0.3, 0.4) is 0 Å². The molecule has 4 rings (SSSR count). The van der Waals surface area contributed by atoms with E-state index in [1.807, 2.05) is 12.1 Å². The van der Waals surface area contributed by atoms with Gasteiger partial charge in [0.15, 0.2) is 11.6 Å². The standard InChI is InChI=1S/C28H39FO/c1-3-4-5-6-7-8-20-9-10-22-18-23(12-11-21(22)17-20)24-13-15-26-25(19-24)14-16-27(30-2)28(26)29/h13-16,19-23H,3-12,17-18H2,1-2H3. The van der Waals surface area contributed by atoms with Gasteiger partial charge in [0.05, 0.1) is 7.11 Å². The van der Waals surface area contributed by atoms with Crippen molar-refractivity contribution in [3.63, 3.8) is 0 Å². The van der Waals surface area contributed by atoms with Gasteiger partial charge in [0.25, 0.3) is 0 Å². The van der Waals surface area contributed by atoms with Crippen LogP contribution in [-0.4, -0.2) is 7.11 Å². The molecule has 2 heteroatoms. The van der Waals surface area contributed by atoms with Gasteiger partial charge in [0, 0.05) is 5.39 Å². The first kappa shape index (κ1) is 21.7. The van der Waals surface area contributed by atoms with Crippen molar-refractivity contribution in [3.8, 4) is 5.75 Å². The van der Waals surface area contributed by atoms with Crippen LogP contribution in [0.15, 0.2) is 30.3 Å². The van der Waals surface area contributed by atoms with Crippen LogP contribution >= 0.6 is 0 Å². The van der Waals surface area contributed by atoms with Crippen LogP contribution in [0.4, 0.5) is 4.39 Å². The van der Waals surface area contributed by atoms with E-state index in [0.29, 0.717) is 17.1 Å². The van der Waals surface area contributed by atoms with Crippen molar-refractivity contribution < 1.29 is 9.13 Å². The molecule has 4 atom stereocenters. The van der Waals surface area contributed by atoms with Crippen LogP contribution in [0.1, 0.15) is 95.5 Å². The fourth-order valence-corrected chi connectivity index (χ4v) is 6.29. The molecule has 2 aromatic rings. The number of ether oxygens (including phenoxy) is 1. The molecule has 1 nitrogen and oxygen atoms in total. The van der Waals surface area contributed by atoms with E-state index in [-0.39, 0.29) is 5.82 Å². The van der Waals surface area contributed by atoms with Gasteiger partial charge in [0.2, 0.25) is 0 Å². The van der Waals surface area contributed by atoms with E-state index in [2.05, 4.69) is 19.1 Å². The van der Waals surface area contributed by atoms with Gasteiger partial charge in [-0.25, -0.2) is 4.39 Å². The molecule has 0 N–H and O–H groups in total. The van der Waals surface area contributed by atoms with Crippen molar-refractivity contribution >= 4 is 10.8 Å². The summed E-state index contributed by atoms with van der Waals surface area (Å²) < 4.78 is 19.7. The smallest absolute Gasteiger partial charge is 0.172 e. The van der Waals surface area contributed by atoms with E-state index in [9.17, 15) is 4.39 Å². The van der Waals surface area contributed by atoms with Crippen LogP contribution in [-0.2, 0) is 0 Å². The highest BCUT2D eigenvalue weighted by Gasteiger charge is 2.35. The molecule has 0 heterocycles. The van der Waals surface area contributed by atoms with Crippen molar-refractivity contribution in [2.75, 3.05) is 7.11 Å². The SMILES string of the molecule is CCCCCCCC1CCC2CC(c3ccc4c(F)c(OC)ccc4c3)CCC2C1. The second-order valence-corrected chi connectivity index (χ2v) is 9.97. The first-order chi connectivity index (χ1) is 14.7. The van der Waals surface area contributed by atoms with Crippen molar-refractivity contribution in [2.24, 2.45) is 17.8 Å². The highest BCUT2D eigenvalue weighted by molar-refractivity contribution is 5.85. The first-order valence-corrected chi connectivity index (χ1v) is 12.5. The van der Waals surface area contributed by atoms with Gasteiger partial charge in [-0.05, 0) is 72.8 Å². The lowest BCUT2D eigenvalue weighted by atomic mass is 9.63. The largest absolute Gasteiger partial charge is 0.494 e. The molecule has 2 saturated carbocycles. The van der Waals surface area contributed by atoms with E-state index in [1.54, 1.807) is 6.07 Å². The fourth-order valence-electron chi connectivity index (χ4n) is 6.29. The summed E-state index contributed by atoms with van der Waals surface area (Å²) in [6, 6.07) is 10.1. The molecule has 0 aromatic heterocycles. The summed E-state index contributed by atoms with van der Waals surface area (Å²) in [6.07, 6.45) is 16.9. The quantitative estimate of drug-likeness (QED) is 0.396. The fraction of sp³-hybridized carbons (Fsp3) is 0.643. The second-order valence-electron chi connectivity index (χ2n) is 9.97. The van der Waals surface area contributed by atoms with Gasteiger partial charge >= 0.3 is 0 Å². The summed E-state index contributed by atoms with van der Waals surface area (Å²) in [5.41, 5.74) is 1.41. The van der Waals surface area contributed by atoms with Gasteiger partial charge in [-0.2, -0.15) is 0 Å². The molecule has 4 unspecified atom stereocenters. The third-order valence-corrected chi connectivity index (χ3v) is 8.07. The summed E-state index contributed by atoms with van der Waals surface area (Å²) in [5.74, 6) is 3.59. The zero-order chi connectivity index (χ0) is 20.9. The second kappa shape index (κ2) is 10.2. The molecule has 30 heavy (non-hydrogen) atoms. The van der Waals surface area contributed by atoms with Gasteiger partial charge < -0.3 is 4.74 Å². The summed E-state index contributed by atoms with van der Waals surface area (Å²) in [4.78, 5) is 0. The molecule has 0 bridgehead atoms. The average Bonchev–Trinajstić information content (AvgIpc) is 2.78. The normalized spacial score (nSPS) is 26.5. The molecule has 2 aliphatic rings. The monoisotopic (exact) mass is 410 g/mol. The number of halogens is 1. The van der Waals surface area contributed by atoms with Crippen LogP contribution in [0.5, 0.6) is 5.75 Å². The summed E-state index contributed by atoms with van der Waals surface area (Å²) >= 11 is 0. The van der Waals surface area contributed by atoms with Crippen LogP contribution < -0.4 is 4.74 Å². The lowest BCUT2D eigenvalue weighted by Crippen LogP contribution is -2.30. The Kier molecular flexibility index (Phi) is 7.33. The lowest BCUT2D eigenvalue weighted by Gasteiger charge is -2.42. The molecular formula is C28H39FO. The molecule has 0 saturated heterocycles. The third-order valence-electron chi connectivity index (χ3n) is 8.07. The van der Waals surface area contributed by atoms with Gasteiger partial charge in [-0.3, -0.25) is 0 Å². The zero-order valence-corrected chi connectivity index (χ0v) is 19.0. The Morgan fingerprint density at radius 1 is 0.900 bits per heavy atom. The van der Waals surface area contributed by atoms with E-state index >= 15 is 0 Å². The Labute approximate surface area is 182 Å². The number of rotatable bonds is 8. The molecule has 2 aromatic carbocycles. The van der Waals surface area contributed by atoms with E-state index in [4.69, 9.17) is 4.74 Å². The third kappa shape index (κ3) is 4.84. The Balaban J connectivity index is 1.34. The molecule has 0 radical (unpaired) electrons. The van der Waals surface area contributed by atoms with Crippen molar-refractivity contribution in [1.29, 1.82) is 0 Å². The van der Waals surface area contributed by atoms with E-state index in [1.165, 1.54) is 89.7 Å². The van der Waals surface area contributed by atoms with Crippen LogP contribution in [0.25, 0.3) is 10.8 Å². The van der Waals surface area contributed by atoms with E-state index < -0.39 is 0 Å². The van der Waals surface area contributed by atoms with E-state index in [0.717, 1.165) is 23.1 Å². The van der Waals surface area contributed by atoms with Crippen LogP contribution in [0, 0.1) is 23.6 Å². The molecule has 2 fully saturated rings. The average molecular weight is 411 g/mol. The first-order valence-electron chi connectivity index (χ1n) is 12.5. The predicted molar refractivity (Wildman–Crippen MR) is 125 cm³/mol. The number of hydrogen-bond acceptors (Lipinski definition) is 1. The molecule has 0 amide bonds. The molecule has 2 aliphatic carbocycles. The predicted octanol–water partition coefficient (Wildman–Crippen LogP) is 8.65. The maximum absolute atomic E-state index is 14.5. The minimum absolute atomic E-state index is 0.238. The zero-order valence-electron chi connectivity index (χ0n) is 19.0.